The summed E-state index contributed by atoms with van der Waals surface area (Å²) < 4.78 is 0. The molecule has 1 N–H and O–H groups in total. The number of likely N-dealkylation sites (N-methyl/N-ethyl adjacent to an activating group) is 1. The highest BCUT2D eigenvalue weighted by Gasteiger charge is 2.13. The van der Waals surface area contributed by atoms with Gasteiger partial charge in [-0.3, -0.25) is 0 Å². The van der Waals surface area contributed by atoms with Crippen LogP contribution in [0.4, 0.5) is 0 Å². The molecule has 1 atom stereocenters. The maximum absolute atomic E-state index is 3.44. The summed E-state index contributed by atoms with van der Waals surface area (Å²) in [7, 11) is 2.08. The van der Waals surface area contributed by atoms with E-state index in [1.165, 1.54) is 31.2 Å². The van der Waals surface area contributed by atoms with Gasteiger partial charge in [0.25, 0.3) is 0 Å². The van der Waals surface area contributed by atoms with Crippen LogP contribution in [-0.2, 0) is 6.42 Å². The summed E-state index contributed by atoms with van der Waals surface area (Å²) in [5.74, 6) is 0.876. The van der Waals surface area contributed by atoms with Crippen LogP contribution in [0, 0.1) is 5.92 Å². The number of hydrogen-bond acceptors (Lipinski definition) is 2. The molecule has 2 heteroatoms. The minimum absolute atomic E-state index is 0.643. The van der Waals surface area contributed by atoms with E-state index in [0.717, 1.165) is 5.92 Å². The number of rotatable bonds is 7. The van der Waals surface area contributed by atoms with Crippen LogP contribution in [-0.4, -0.2) is 13.1 Å². The average molecular weight is 225 g/mol. The molecule has 1 aromatic heterocycles. The Morgan fingerprint density at radius 3 is 2.53 bits per heavy atom. The molecule has 0 aliphatic carbocycles. The molecule has 0 bridgehead atoms. The molecule has 0 aliphatic heterocycles. The summed E-state index contributed by atoms with van der Waals surface area (Å²) in [6, 6.07) is 2.88. The third-order valence-electron chi connectivity index (χ3n) is 3.24. The molecule has 0 fully saturated rings. The van der Waals surface area contributed by atoms with E-state index in [2.05, 4.69) is 43.0 Å². The van der Waals surface area contributed by atoms with Crippen molar-refractivity contribution in [1.29, 1.82) is 0 Å². The molecule has 0 saturated heterocycles. The Bertz CT molecular complexity index is 239. The molecule has 0 spiro atoms. The second-order valence-corrected chi connectivity index (χ2v) is 5.02. The van der Waals surface area contributed by atoms with Gasteiger partial charge in [-0.2, -0.15) is 11.3 Å². The fourth-order valence-corrected chi connectivity index (χ4v) is 2.70. The molecule has 15 heavy (non-hydrogen) atoms. The van der Waals surface area contributed by atoms with Crippen LogP contribution < -0.4 is 5.32 Å². The molecule has 1 heterocycles. The van der Waals surface area contributed by atoms with Crippen molar-refractivity contribution >= 4 is 11.3 Å². The fraction of sp³-hybridized carbons (Fsp3) is 0.692. The van der Waals surface area contributed by atoms with Crippen LogP contribution in [0.5, 0.6) is 0 Å². The van der Waals surface area contributed by atoms with Crippen molar-refractivity contribution in [3.8, 4) is 0 Å². The van der Waals surface area contributed by atoms with E-state index in [4.69, 9.17) is 0 Å². The van der Waals surface area contributed by atoms with E-state index < -0.39 is 0 Å². The maximum Gasteiger partial charge on any atom is 0.0107 e. The van der Waals surface area contributed by atoms with Crippen molar-refractivity contribution in [2.45, 2.75) is 45.6 Å². The van der Waals surface area contributed by atoms with Gasteiger partial charge in [0.15, 0.2) is 0 Å². The van der Waals surface area contributed by atoms with Crippen LogP contribution >= 0.6 is 11.3 Å². The average Bonchev–Trinajstić information content (AvgIpc) is 2.76. The van der Waals surface area contributed by atoms with Crippen molar-refractivity contribution in [3.05, 3.63) is 22.4 Å². The second-order valence-electron chi connectivity index (χ2n) is 4.24. The number of hydrogen-bond donors (Lipinski definition) is 1. The third kappa shape index (κ3) is 4.35. The Morgan fingerprint density at radius 2 is 2.07 bits per heavy atom. The smallest absolute Gasteiger partial charge is 0.0107 e. The Balaban J connectivity index is 2.42. The molecule has 1 unspecified atom stereocenters. The van der Waals surface area contributed by atoms with Gasteiger partial charge in [-0.05, 0) is 48.2 Å². The summed E-state index contributed by atoms with van der Waals surface area (Å²) in [4.78, 5) is 0. The van der Waals surface area contributed by atoms with Crippen LogP contribution in [0.1, 0.15) is 38.7 Å². The zero-order valence-electron chi connectivity index (χ0n) is 10.1. The van der Waals surface area contributed by atoms with Crippen molar-refractivity contribution in [3.63, 3.8) is 0 Å². The van der Waals surface area contributed by atoms with Gasteiger partial charge in [-0.15, -0.1) is 0 Å². The first-order valence-electron chi connectivity index (χ1n) is 5.98. The molecule has 1 rings (SSSR count). The van der Waals surface area contributed by atoms with Gasteiger partial charge in [0, 0.05) is 6.04 Å². The van der Waals surface area contributed by atoms with Gasteiger partial charge >= 0.3 is 0 Å². The standard InChI is InChI=1S/C13H23NS/c1-4-11(5-2)8-13(14-3)9-12-6-7-15-10-12/h6-7,10-11,13-14H,4-5,8-9H2,1-3H3. The van der Waals surface area contributed by atoms with E-state index in [0.29, 0.717) is 6.04 Å². The number of thiophene rings is 1. The lowest BCUT2D eigenvalue weighted by Gasteiger charge is -2.21. The van der Waals surface area contributed by atoms with Crippen LogP contribution in [0.3, 0.4) is 0 Å². The van der Waals surface area contributed by atoms with Gasteiger partial charge in [0.2, 0.25) is 0 Å². The van der Waals surface area contributed by atoms with Gasteiger partial charge in [0.1, 0.15) is 0 Å². The predicted octanol–water partition coefficient (Wildman–Crippen LogP) is 3.70. The maximum atomic E-state index is 3.44. The number of nitrogens with one attached hydrogen (secondary N) is 1. The molecule has 0 aliphatic rings. The van der Waals surface area contributed by atoms with E-state index in [-0.39, 0.29) is 0 Å². The first-order chi connectivity index (χ1) is 7.30. The molecule has 0 radical (unpaired) electrons. The third-order valence-corrected chi connectivity index (χ3v) is 3.98. The van der Waals surface area contributed by atoms with Crippen molar-refractivity contribution in [2.24, 2.45) is 5.92 Å². The summed E-state index contributed by atoms with van der Waals surface area (Å²) in [5, 5.41) is 7.87. The Labute approximate surface area is 97.9 Å². The van der Waals surface area contributed by atoms with Crippen LogP contribution in [0.2, 0.25) is 0 Å². The quantitative estimate of drug-likeness (QED) is 0.746. The van der Waals surface area contributed by atoms with Gasteiger partial charge < -0.3 is 5.32 Å². The van der Waals surface area contributed by atoms with Crippen LogP contribution in [0.25, 0.3) is 0 Å². The van der Waals surface area contributed by atoms with Gasteiger partial charge in [0.05, 0.1) is 0 Å². The minimum Gasteiger partial charge on any atom is -0.317 e. The fourth-order valence-electron chi connectivity index (χ4n) is 2.02. The first-order valence-corrected chi connectivity index (χ1v) is 6.92. The highest BCUT2D eigenvalue weighted by Crippen LogP contribution is 2.18. The van der Waals surface area contributed by atoms with E-state index in [9.17, 15) is 0 Å². The van der Waals surface area contributed by atoms with Crippen molar-refractivity contribution in [1.82, 2.24) is 5.32 Å². The molecular weight excluding hydrogens is 202 g/mol. The summed E-state index contributed by atoms with van der Waals surface area (Å²) >= 11 is 1.79. The lowest BCUT2D eigenvalue weighted by Crippen LogP contribution is -2.29. The molecule has 0 saturated carbocycles. The molecular formula is C13H23NS. The summed E-state index contributed by atoms with van der Waals surface area (Å²) in [5.41, 5.74) is 1.48. The Morgan fingerprint density at radius 1 is 1.33 bits per heavy atom. The predicted molar refractivity (Wildman–Crippen MR) is 69.6 cm³/mol. The zero-order chi connectivity index (χ0) is 11.1. The summed E-state index contributed by atoms with van der Waals surface area (Å²) in [6.45, 7) is 4.59. The lowest BCUT2D eigenvalue weighted by atomic mass is 9.92. The van der Waals surface area contributed by atoms with Crippen LogP contribution in [0.15, 0.2) is 16.8 Å². The van der Waals surface area contributed by atoms with E-state index >= 15 is 0 Å². The highest BCUT2D eigenvalue weighted by molar-refractivity contribution is 7.07. The zero-order valence-corrected chi connectivity index (χ0v) is 10.9. The molecule has 86 valence electrons. The van der Waals surface area contributed by atoms with E-state index in [1.54, 1.807) is 11.3 Å². The Kier molecular flexibility index (Phi) is 5.96. The van der Waals surface area contributed by atoms with Gasteiger partial charge in [-0.25, -0.2) is 0 Å². The largest absolute Gasteiger partial charge is 0.317 e. The van der Waals surface area contributed by atoms with Crippen molar-refractivity contribution < 1.29 is 0 Å². The Hall–Kier alpha value is -0.340. The molecule has 0 aromatic carbocycles. The SMILES string of the molecule is CCC(CC)CC(Cc1ccsc1)NC. The molecule has 0 amide bonds. The lowest BCUT2D eigenvalue weighted by molar-refractivity contribution is 0.377. The monoisotopic (exact) mass is 225 g/mol. The highest BCUT2D eigenvalue weighted by atomic mass is 32.1. The first kappa shape index (κ1) is 12.7. The van der Waals surface area contributed by atoms with Crippen molar-refractivity contribution in [2.75, 3.05) is 7.05 Å². The normalized spacial score (nSPS) is 13.3. The second kappa shape index (κ2) is 7.02. The summed E-state index contributed by atoms with van der Waals surface area (Å²) in [6.07, 6.45) is 5.09. The molecule has 1 aromatic rings. The minimum atomic E-state index is 0.643. The van der Waals surface area contributed by atoms with E-state index in [1.807, 2.05) is 0 Å². The molecule has 1 nitrogen and oxygen atoms in total. The van der Waals surface area contributed by atoms with Gasteiger partial charge in [-0.1, -0.05) is 26.7 Å². The topological polar surface area (TPSA) is 12.0 Å².